The second-order valence-corrected chi connectivity index (χ2v) is 6.77. The summed E-state index contributed by atoms with van der Waals surface area (Å²) in [6, 6.07) is 1.90. The lowest BCUT2D eigenvalue weighted by Gasteiger charge is -2.20. The molecule has 0 aromatic carbocycles. The normalized spacial score (nSPS) is 11.6. The van der Waals surface area contributed by atoms with Crippen LogP contribution in [0.15, 0.2) is 6.07 Å². The SMILES string of the molecule is CC(C)c1nc(NCCC(=O)O)cc(C(C)(C)C)n1.O=C(O)C(F)(F)F. The molecule has 0 aliphatic carbocycles. The molecule has 0 radical (unpaired) electrons. The zero-order valence-electron chi connectivity index (χ0n) is 15.3. The molecule has 0 bridgehead atoms. The lowest BCUT2D eigenvalue weighted by Crippen LogP contribution is -2.21. The number of carboxylic acids is 2. The molecule has 0 fully saturated rings. The maximum atomic E-state index is 10.6. The van der Waals surface area contributed by atoms with E-state index in [4.69, 9.17) is 15.0 Å². The molecule has 1 heterocycles. The first kappa shape index (κ1) is 23.6. The number of aromatic nitrogens is 2. The Kier molecular flexibility index (Phi) is 8.49. The molecule has 0 aliphatic heterocycles. The van der Waals surface area contributed by atoms with E-state index in [1.807, 2.05) is 19.9 Å². The Morgan fingerprint density at radius 1 is 1.15 bits per heavy atom. The molecular weight excluding hydrogens is 355 g/mol. The fraction of sp³-hybridized carbons (Fsp3) is 0.625. The third-order valence-corrected chi connectivity index (χ3v) is 2.92. The highest BCUT2D eigenvalue weighted by Crippen LogP contribution is 2.24. The zero-order valence-corrected chi connectivity index (χ0v) is 15.3. The highest BCUT2D eigenvalue weighted by molar-refractivity contribution is 5.73. The van der Waals surface area contributed by atoms with Gasteiger partial charge in [0.15, 0.2) is 0 Å². The van der Waals surface area contributed by atoms with Crippen LogP contribution in [-0.4, -0.2) is 44.8 Å². The van der Waals surface area contributed by atoms with E-state index in [2.05, 4.69) is 36.1 Å². The molecule has 26 heavy (non-hydrogen) atoms. The Morgan fingerprint density at radius 2 is 1.65 bits per heavy atom. The Balaban J connectivity index is 0.000000758. The minimum Gasteiger partial charge on any atom is -0.481 e. The maximum absolute atomic E-state index is 10.6. The fourth-order valence-electron chi connectivity index (χ4n) is 1.50. The standard InChI is InChI=1S/C14H23N3O2.C2HF3O2/c1-9(2)13-16-10(14(3,4)5)8-11(17-13)15-7-6-12(18)19;3-2(4,5)1(6)7/h8-9H,6-7H2,1-5H3,(H,18,19)(H,15,16,17);(H,6,7). The number of carboxylic acid groups (broad SMARTS) is 2. The van der Waals surface area contributed by atoms with Crippen LogP contribution in [0.3, 0.4) is 0 Å². The Labute approximate surface area is 149 Å². The topological polar surface area (TPSA) is 112 Å². The van der Waals surface area contributed by atoms with Crippen LogP contribution in [-0.2, 0) is 15.0 Å². The molecular formula is C16H24F3N3O4. The van der Waals surface area contributed by atoms with E-state index in [0.717, 1.165) is 11.5 Å². The minimum atomic E-state index is -5.08. The predicted molar refractivity (Wildman–Crippen MR) is 89.3 cm³/mol. The average molecular weight is 379 g/mol. The van der Waals surface area contributed by atoms with Crippen LogP contribution in [0.2, 0.25) is 0 Å². The van der Waals surface area contributed by atoms with Crippen molar-refractivity contribution in [3.05, 3.63) is 17.6 Å². The van der Waals surface area contributed by atoms with Gasteiger partial charge in [-0.1, -0.05) is 34.6 Å². The molecule has 7 nitrogen and oxygen atoms in total. The van der Waals surface area contributed by atoms with Gasteiger partial charge in [-0.3, -0.25) is 4.79 Å². The summed E-state index contributed by atoms with van der Waals surface area (Å²) in [5.74, 6) is -1.85. The van der Waals surface area contributed by atoms with E-state index < -0.39 is 18.1 Å². The number of nitrogens with one attached hydrogen (secondary N) is 1. The third kappa shape index (κ3) is 9.19. The first-order valence-electron chi connectivity index (χ1n) is 7.79. The van der Waals surface area contributed by atoms with E-state index in [1.54, 1.807) is 0 Å². The summed E-state index contributed by atoms with van der Waals surface area (Å²) in [6.07, 6.45) is -5.01. The molecule has 0 unspecified atom stereocenters. The summed E-state index contributed by atoms with van der Waals surface area (Å²) in [6.45, 7) is 10.8. The number of nitrogens with zero attached hydrogens (tertiary/aromatic N) is 2. The lowest BCUT2D eigenvalue weighted by molar-refractivity contribution is -0.192. The van der Waals surface area contributed by atoms with Gasteiger partial charge in [-0.25, -0.2) is 14.8 Å². The molecule has 148 valence electrons. The first-order chi connectivity index (χ1) is 11.6. The monoisotopic (exact) mass is 379 g/mol. The van der Waals surface area contributed by atoms with Crippen molar-refractivity contribution in [2.24, 2.45) is 0 Å². The smallest absolute Gasteiger partial charge is 0.481 e. The van der Waals surface area contributed by atoms with Crippen molar-refractivity contribution in [3.63, 3.8) is 0 Å². The van der Waals surface area contributed by atoms with E-state index in [0.29, 0.717) is 12.4 Å². The summed E-state index contributed by atoms with van der Waals surface area (Å²) in [5, 5.41) is 18.8. The van der Waals surface area contributed by atoms with Crippen LogP contribution < -0.4 is 5.32 Å². The molecule has 0 aliphatic rings. The van der Waals surface area contributed by atoms with Crippen molar-refractivity contribution in [3.8, 4) is 0 Å². The minimum absolute atomic E-state index is 0.0597. The molecule has 0 saturated heterocycles. The van der Waals surface area contributed by atoms with Gasteiger partial charge >= 0.3 is 18.1 Å². The van der Waals surface area contributed by atoms with Gasteiger partial charge in [0.25, 0.3) is 0 Å². The Morgan fingerprint density at radius 3 is 2.00 bits per heavy atom. The van der Waals surface area contributed by atoms with Crippen LogP contribution in [0.5, 0.6) is 0 Å². The number of anilines is 1. The van der Waals surface area contributed by atoms with E-state index in [-0.39, 0.29) is 17.8 Å². The molecule has 1 aromatic heterocycles. The highest BCUT2D eigenvalue weighted by atomic mass is 19.4. The van der Waals surface area contributed by atoms with Gasteiger partial charge in [0, 0.05) is 23.9 Å². The van der Waals surface area contributed by atoms with Crippen LogP contribution >= 0.6 is 0 Å². The molecule has 0 amide bonds. The van der Waals surface area contributed by atoms with Crippen molar-refractivity contribution >= 4 is 17.8 Å². The largest absolute Gasteiger partial charge is 0.490 e. The van der Waals surface area contributed by atoms with Crippen molar-refractivity contribution in [2.45, 2.75) is 58.5 Å². The molecule has 3 N–H and O–H groups in total. The van der Waals surface area contributed by atoms with E-state index in [9.17, 15) is 18.0 Å². The molecule has 0 atom stereocenters. The number of aliphatic carboxylic acids is 2. The second kappa shape index (κ2) is 9.35. The fourth-order valence-corrected chi connectivity index (χ4v) is 1.50. The number of carbonyl (C=O) groups is 2. The summed E-state index contributed by atoms with van der Waals surface area (Å²) in [4.78, 5) is 28.4. The maximum Gasteiger partial charge on any atom is 0.490 e. The summed E-state index contributed by atoms with van der Waals surface area (Å²) >= 11 is 0. The molecule has 10 heteroatoms. The summed E-state index contributed by atoms with van der Waals surface area (Å²) < 4.78 is 31.7. The van der Waals surface area contributed by atoms with E-state index in [1.165, 1.54) is 0 Å². The lowest BCUT2D eigenvalue weighted by atomic mass is 9.91. The number of hydrogen-bond acceptors (Lipinski definition) is 5. The highest BCUT2D eigenvalue weighted by Gasteiger charge is 2.38. The van der Waals surface area contributed by atoms with Gasteiger partial charge in [0.05, 0.1) is 12.1 Å². The van der Waals surface area contributed by atoms with Crippen LogP contribution in [0, 0.1) is 0 Å². The molecule has 1 aromatic rings. The van der Waals surface area contributed by atoms with Gasteiger partial charge in [-0.2, -0.15) is 13.2 Å². The van der Waals surface area contributed by atoms with Crippen LogP contribution in [0.25, 0.3) is 0 Å². The van der Waals surface area contributed by atoms with Gasteiger partial charge in [0.2, 0.25) is 0 Å². The van der Waals surface area contributed by atoms with Crippen molar-refractivity contribution < 1.29 is 33.0 Å². The van der Waals surface area contributed by atoms with Crippen LogP contribution in [0.1, 0.15) is 58.5 Å². The number of halogens is 3. The molecule has 0 spiro atoms. The molecule has 0 saturated carbocycles. The molecule has 1 rings (SSSR count). The number of rotatable bonds is 5. The van der Waals surface area contributed by atoms with Crippen molar-refractivity contribution in [1.82, 2.24) is 9.97 Å². The van der Waals surface area contributed by atoms with Gasteiger partial charge in [-0.15, -0.1) is 0 Å². The third-order valence-electron chi connectivity index (χ3n) is 2.92. The summed E-state index contributed by atoms with van der Waals surface area (Å²) in [7, 11) is 0. The van der Waals surface area contributed by atoms with Gasteiger partial charge < -0.3 is 15.5 Å². The van der Waals surface area contributed by atoms with Crippen molar-refractivity contribution in [2.75, 3.05) is 11.9 Å². The number of alkyl halides is 3. The van der Waals surface area contributed by atoms with Crippen molar-refractivity contribution in [1.29, 1.82) is 0 Å². The average Bonchev–Trinajstić information content (AvgIpc) is 2.45. The zero-order chi connectivity index (χ0) is 20.7. The van der Waals surface area contributed by atoms with Gasteiger partial charge in [0.1, 0.15) is 11.6 Å². The van der Waals surface area contributed by atoms with Crippen LogP contribution in [0.4, 0.5) is 19.0 Å². The Hall–Kier alpha value is -2.39. The summed E-state index contributed by atoms with van der Waals surface area (Å²) in [5.41, 5.74) is 0.902. The first-order valence-corrected chi connectivity index (χ1v) is 7.79. The Bertz CT molecular complexity index is 626. The number of hydrogen-bond donors (Lipinski definition) is 3. The quantitative estimate of drug-likeness (QED) is 0.718. The van der Waals surface area contributed by atoms with E-state index >= 15 is 0 Å². The van der Waals surface area contributed by atoms with Gasteiger partial charge in [-0.05, 0) is 0 Å². The second-order valence-electron chi connectivity index (χ2n) is 6.77. The predicted octanol–water partition coefficient (Wildman–Crippen LogP) is 3.42.